The van der Waals surface area contributed by atoms with Gasteiger partial charge in [0.05, 0.1) is 19.3 Å². The number of benzene rings is 1. The van der Waals surface area contributed by atoms with Crippen molar-refractivity contribution >= 4 is 39.3 Å². The average Bonchev–Trinajstić information content (AvgIpc) is 2.45. The topological polar surface area (TPSA) is 91.7 Å². The summed E-state index contributed by atoms with van der Waals surface area (Å²) in [6.45, 7) is 5.87. The Morgan fingerprint density at radius 2 is 1.64 bits per heavy atom. The summed E-state index contributed by atoms with van der Waals surface area (Å²) in [5.41, 5.74) is 0.340. The number of likely N-dealkylation sites (N-methyl/N-ethyl adjacent to an activating group) is 1. The molecule has 1 atom stereocenters. The highest BCUT2D eigenvalue weighted by Gasteiger charge is 2.19. The fourth-order valence-corrected chi connectivity index (χ4v) is 2.46. The van der Waals surface area contributed by atoms with E-state index >= 15 is 0 Å². The van der Waals surface area contributed by atoms with E-state index in [1.807, 2.05) is 32.9 Å². The van der Waals surface area contributed by atoms with Crippen molar-refractivity contribution in [3.8, 4) is 0 Å². The molecule has 0 saturated carbocycles. The van der Waals surface area contributed by atoms with Gasteiger partial charge in [-0.25, -0.2) is 0 Å². The highest BCUT2D eigenvalue weighted by Crippen LogP contribution is 2.20. The van der Waals surface area contributed by atoms with Crippen LogP contribution in [0.15, 0.2) is 28.7 Å². The quantitative estimate of drug-likeness (QED) is 0.504. The van der Waals surface area contributed by atoms with Gasteiger partial charge in [0.15, 0.2) is 13.1 Å². The summed E-state index contributed by atoms with van der Waals surface area (Å²) in [6, 6.07) is 7.22. The zero-order valence-corrected chi connectivity index (χ0v) is 16.6. The molecule has 138 valence electrons. The monoisotopic (exact) mass is 413 g/mol. The van der Waals surface area contributed by atoms with Gasteiger partial charge in [0.25, 0.3) is 11.8 Å². The van der Waals surface area contributed by atoms with Crippen molar-refractivity contribution in [2.45, 2.75) is 26.3 Å². The SMILES string of the molecule is C[NH+](CC(=O)NCC(=O)Nc1ccccc1Br)CC(=O)NC(C)(C)C. The van der Waals surface area contributed by atoms with Crippen LogP contribution in [0, 0.1) is 0 Å². The fraction of sp³-hybridized carbons (Fsp3) is 0.471. The second-order valence-corrected chi connectivity index (χ2v) is 7.77. The van der Waals surface area contributed by atoms with Crippen molar-refractivity contribution in [1.82, 2.24) is 10.6 Å². The maximum atomic E-state index is 11.9. The van der Waals surface area contributed by atoms with E-state index in [9.17, 15) is 14.4 Å². The first kappa shape index (κ1) is 21.1. The second-order valence-electron chi connectivity index (χ2n) is 6.91. The normalized spacial score (nSPS) is 12.2. The number of quaternary nitrogens is 1. The first-order valence-electron chi connectivity index (χ1n) is 8.00. The molecule has 0 bridgehead atoms. The summed E-state index contributed by atoms with van der Waals surface area (Å²) < 4.78 is 0.767. The summed E-state index contributed by atoms with van der Waals surface area (Å²) in [7, 11) is 1.75. The number of halogens is 1. The minimum Gasteiger partial charge on any atom is -0.347 e. The molecule has 0 radical (unpaired) electrons. The first-order chi connectivity index (χ1) is 11.6. The lowest BCUT2D eigenvalue weighted by atomic mass is 10.1. The van der Waals surface area contributed by atoms with E-state index < -0.39 is 0 Å². The lowest BCUT2D eigenvalue weighted by molar-refractivity contribution is -0.862. The van der Waals surface area contributed by atoms with Crippen LogP contribution in [0.2, 0.25) is 0 Å². The Labute approximate surface area is 156 Å². The molecule has 0 heterocycles. The van der Waals surface area contributed by atoms with Gasteiger partial charge in [-0.3, -0.25) is 14.4 Å². The Kier molecular flexibility index (Phi) is 8.05. The van der Waals surface area contributed by atoms with Crippen LogP contribution in [0.1, 0.15) is 20.8 Å². The Morgan fingerprint density at radius 3 is 2.24 bits per heavy atom. The van der Waals surface area contributed by atoms with Crippen LogP contribution in [-0.2, 0) is 14.4 Å². The van der Waals surface area contributed by atoms with Gasteiger partial charge in [-0.1, -0.05) is 12.1 Å². The van der Waals surface area contributed by atoms with E-state index in [2.05, 4.69) is 31.9 Å². The minimum atomic E-state index is -0.316. The molecule has 25 heavy (non-hydrogen) atoms. The van der Waals surface area contributed by atoms with Crippen LogP contribution in [0.4, 0.5) is 5.69 Å². The predicted octanol–water partition coefficient (Wildman–Crippen LogP) is -0.0668. The van der Waals surface area contributed by atoms with E-state index in [0.29, 0.717) is 5.69 Å². The van der Waals surface area contributed by atoms with Crippen LogP contribution in [0.5, 0.6) is 0 Å². The predicted molar refractivity (Wildman–Crippen MR) is 100 cm³/mol. The van der Waals surface area contributed by atoms with Crippen molar-refractivity contribution in [3.05, 3.63) is 28.7 Å². The lowest BCUT2D eigenvalue weighted by Crippen LogP contribution is -3.11. The Bertz CT molecular complexity index is 629. The number of amides is 3. The molecule has 4 N–H and O–H groups in total. The number of hydrogen-bond acceptors (Lipinski definition) is 3. The molecule has 0 aliphatic carbocycles. The van der Waals surface area contributed by atoms with E-state index in [0.717, 1.165) is 9.37 Å². The Morgan fingerprint density at radius 1 is 1.04 bits per heavy atom. The molecule has 3 amide bonds. The van der Waals surface area contributed by atoms with Crippen LogP contribution in [0.25, 0.3) is 0 Å². The van der Waals surface area contributed by atoms with Gasteiger partial charge in [0.2, 0.25) is 5.91 Å². The van der Waals surface area contributed by atoms with Crippen molar-refractivity contribution in [2.75, 3.05) is 32.0 Å². The van der Waals surface area contributed by atoms with E-state index in [1.165, 1.54) is 0 Å². The molecule has 0 aromatic heterocycles. The highest BCUT2D eigenvalue weighted by atomic mass is 79.9. The molecule has 1 unspecified atom stereocenters. The number of carbonyl (C=O) groups excluding carboxylic acids is 3. The zero-order chi connectivity index (χ0) is 19.0. The van der Waals surface area contributed by atoms with Crippen molar-refractivity contribution in [1.29, 1.82) is 0 Å². The molecule has 1 rings (SSSR count). The molecule has 1 aromatic rings. The van der Waals surface area contributed by atoms with Crippen LogP contribution >= 0.6 is 15.9 Å². The fourth-order valence-electron chi connectivity index (χ4n) is 2.07. The highest BCUT2D eigenvalue weighted by molar-refractivity contribution is 9.10. The number of carbonyl (C=O) groups is 3. The van der Waals surface area contributed by atoms with Crippen LogP contribution in [0.3, 0.4) is 0 Å². The largest absolute Gasteiger partial charge is 0.347 e. The second kappa shape index (κ2) is 9.53. The van der Waals surface area contributed by atoms with E-state index in [4.69, 9.17) is 0 Å². The molecular formula is C17H26BrN4O3+. The third kappa shape index (κ3) is 9.21. The summed E-state index contributed by atoms with van der Waals surface area (Å²) in [5.74, 6) is -0.726. The summed E-state index contributed by atoms with van der Waals surface area (Å²) >= 11 is 3.34. The number of nitrogens with one attached hydrogen (secondary N) is 4. The van der Waals surface area contributed by atoms with Crippen molar-refractivity contribution < 1.29 is 19.3 Å². The van der Waals surface area contributed by atoms with Gasteiger partial charge >= 0.3 is 0 Å². The van der Waals surface area contributed by atoms with Gasteiger partial charge in [-0.05, 0) is 48.8 Å². The van der Waals surface area contributed by atoms with Crippen molar-refractivity contribution in [2.24, 2.45) is 0 Å². The number of anilines is 1. The maximum absolute atomic E-state index is 11.9. The Hall–Kier alpha value is -1.93. The minimum absolute atomic E-state index is 0.111. The average molecular weight is 414 g/mol. The molecule has 0 fully saturated rings. The summed E-state index contributed by atoms with van der Waals surface area (Å²) in [4.78, 5) is 36.3. The lowest BCUT2D eigenvalue weighted by Gasteiger charge is -2.21. The zero-order valence-electron chi connectivity index (χ0n) is 15.0. The van der Waals surface area contributed by atoms with Crippen LogP contribution in [-0.4, -0.2) is 49.9 Å². The molecule has 0 spiro atoms. The molecular weight excluding hydrogens is 388 g/mol. The third-order valence-electron chi connectivity index (χ3n) is 3.03. The molecule has 8 heteroatoms. The van der Waals surface area contributed by atoms with Gasteiger partial charge in [-0.15, -0.1) is 0 Å². The van der Waals surface area contributed by atoms with E-state index in [-0.39, 0.29) is 42.9 Å². The van der Waals surface area contributed by atoms with Crippen molar-refractivity contribution in [3.63, 3.8) is 0 Å². The van der Waals surface area contributed by atoms with Crippen LogP contribution < -0.4 is 20.9 Å². The molecule has 7 nitrogen and oxygen atoms in total. The molecule has 0 saturated heterocycles. The standard InChI is InChI=1S/C17H25BrN4O3/c1-17(2,3)21-16(25)11-22(4)10-15(24)19-9-14(23)20-13-8-6-5-7-12(13)18/h5-8H,9-11H2,1-4H3,(H,19,24)(H,20,23)(H,21,25)/p+1. The summed E-state index contributed by atoms with van der Waals surface area (Å²) in [6.07, 6.45) is 0. The van der Waals surface area contributed by atoms with Gasteiger partial charge < -0.3 is 20.9 Å². The first-order valence-corrected chi connectivity index (χ1v) is 8.79. The van der Waals surface area contributed by atoms with Gasteiger partial charge in [0, 0.05) is 10.0 Å². The van der Waals surface area contributed by atoms with Gasteiger partial charge in [-0.2, -0.15) is 0 Å². The van der Waals surface area contributed by atoms with Gasteiger partial charge in [0.1, 0.15) is 0 Å². The third-order valence-corrected chi connectivity index (χ3v) is 3.72. The number of para-hydroxylation sites is 1. The maximum Gasteiger partial charge on any atom is 0.275 e. The summed E-state index contributed by atoms with van der Waals surface area (Å²) in [5, 5.41) is 8.11. The Balaban J connectivity index is 2.33. The smallest absolute Gasteiger partial charge is 0.275 e. The molecule has 0 aliphatic heterocycles. The number of hydrogen-bond donors (Lipinski definition) is 4. The van der Waals surface area contributed by atoms with E-state index in [1.54, 1.807) is 19.2 Å². The molecule has 0 aliphatic rings. The molecule has 1 aromatic carbocycles. The number of rotatable bonds is 7.